The summed E-state index contributed by atoms with van der Waals surface area (Å²) in [7, 11) is 0. The van der Waals surface area contributed by atoms with Crippen LogP contribution in [-0.4, -0.2) is 47.4 Å². The van der Waals surface area contributed by atoms with E-state index in [0.29, 0.717) is 6.54 Å². The topological polar surface area (TPSA) is 74.3 Å². The second-order valence-electron chi connectivity index (χ2n) is 5.21. The number of piperazine rings is 1. The van der Waals surface area contributed by atoms with E-state index in [2.05, 4.69) is 15.6 Å². The third-order valence-corrected chi connectivity index (χ3v) is 3.92. The van der Waals surface area contributed by atoms with E-state index in [1.165, 1.54) is 0 Å². The van der Waals surface area contributed by atoms with Crippen LogP contribution < -0.4 is 10.6 Å². The van der Waals surface area contributed by atoms with Gasteiger partial charge in [-0.05, 0) is 24.5 Å². The molecule has 0 aromatic carbocycles. The number of pyridine rings is 1. The molecule has 0 radical (unpaired) electrons. The number of amides is 2. The van der Waals surface area contributed by atoms with Gasteiger partial charge in [-0.15, -0.1) is 0 Å². The number of nitrogens with one attached hydrogen (secondary N) is 2. The first-order valence-corrected chi connectivity index (χ1v) is 6.96. The zero-order chi connectivity index (χ0) is 13.9. The molecule has 2 aliphatic rings. The predicted octanol–water partition coefficient (Wildman–Crippen LogP) is -0.167. The van der Waals surface area contributed by atoms with Crippen LogP contribution in [0.4, 0.5) is 0 Å². The minimum atomic E-state index is -0.315. The largest absolute Gasteiger partial charge is 0.353 e. The molecule has 2 unspecified atom stereocenters. The summed E-state index contributed by atoms with van der Waals surface area (Å²) in [6.45, 7) is 1.35. The van der Waals surface area contributed by atoms with Crippen molar-refractivity contribution in [1.82, 2.24) is 20.5 Å². The first-order valence-electron chi connectivity index (χ1n) is 6.96. The maximum absolute atomic E-state index is 12.6. The molecule has 0 spiro atoms. The Balaban J connectivity index is 1.72. The molecule has 1 aromatic heterocycles. The molecule has 6 nitrogen and oxygen atoms in total. The van der Waals surface area contributed by atoms with Crippen molar-refractivity contribution in [2.75, 3.05) is 19.6 Å². The van der Waals surface area contributed by atoms with Crippen molar-refractivity contribution in [2.24, 2.45) is 0 Å². The summed E-state index contributed by atoms with van der Waals surface area (Å²) in [4.78, 5) is 29.8. The van der Waals surface area contributed by atoms with E-state index in [4.69, 9.17) is 0 Å². The highest BCUT2D eigenvalue weighted by Crippen LogP contribution is 2.31. The molecule has 3 heterocycles. The van der Waals surface area contributed by atoms with Gasteiger partial charge in [-0.3, -0.25) is 19.9 Å². The second kappa shape index (κ2) is 5.58. The van der Waals surface area contributed by atoms with E-state index >= 15 is 0 Å². The van der Waals surface area contributed by atoms with E-state index < -0.39 is 0 Å². The van der Waals surface area contributed by atoms with E-state index in [-0.39, 0.29) is 30.4 Å². The van der Waals surface area contributed by atoms with Crippen LogP contribution in [0.15, 0.2) is 24.5 Å². The Labute approximate surface area is 117 Å². The Bertz CT molecular complexity index is 495. The maximum Gasteiger partial charge on any atom is 0.242 e. The smallest absolute Gasteiger partial charge is 0.242 e. The third kappa shape index (κ3) is 2.51. The molecular weight excluding hydrogens is 256 g/mol. The van der Waals surface area contributed by atoms with Gasteiger partial charge < -0.3 is 10.2 Å². The molecule has 0 saturated carbocycles. The molecule has 3 rings (SSSR count). The van der Waals surface area contributed by atoms with Crippen LogP contribution in [0.2, 0.25) is 0 Å². The summed E-state index contributed by atoms with van der Waals surface area (Å²) < 4.78 is 0. The lowest BCUT2D eigenvalue weighted by molar-refractivity contribution is -0.135. The van der Waals surface area contributed by atoms with E-state index in [1.807, 2.05) is 23.2 Å². The molecule has 20 heavy (non-hydrogen) atoms. The molecular formula is C14H18N4O2. The van der Waals surface area contributed by atoms with Gasteiger partial charge in [0.2, 0.25) is 11.8 Å². The number of carbonyl (C=O) groups is 2. The van der Waals surface area contributed by atoms with Crippen LogP contribution in [0.1, 0.15) is 24.4 Å². The highest BCUT2D eigenvalue weighted by Gasteiger charge is 2.35. The quantitative estimate of drug-likeness (QED) is 0.785. The summed E-state index contributed by atoms with van der Waals surface area (Å²) in [6, 6.07) is 3.70. The van der Waals surface area contributed by atoms with E-state index in [0.717, 1.165) is 24.9 Å². The lowest BCUT2D eigenvalue weighted by Gasteiger charge is -2.31. The van der Waals surface area contributed by atoms with Gasteiger partial charge in [0.25, 0.3) is 0 Å². The van der Waals surface area contributed by atoms with Gasteiger partial charge in [-0.1, -0.05) is 6.07 Å². The van der Waals surface area contributed by atoms with Crippen molar-refractivity contribution >= 4 is 11.8 Å². The molecule has 2 saturated heterocycles. The zero-order valence-corrected chi connectivity index (χ0v) is 11.2. The Morgan fingerprint density at radius 1 is 1.45 bits per heavy atom. The van der Waals surface area contributed by atoms with Crippen LogP contribution in [-0.2, 0) is 9.59 Å². The summed E-state index contributed by atoms with van der Waals surface area (Å²) in [5.41, 5.74) is 1.08. The van der Waals surface area contributed by atoms with Gasteiger partial charge >= 0.3 is 0 Å². The van der Waals surface area contributed by atoms with Crippen LogP contribution in [0.3, 0.4) is 0 Å². The molecule has 2 fully saturated rings. The summed E-state index contributed by atoms with van der Waals surface area (Å²) >= 11 is 0. The zero-order valence-electron chi connectivity index (χ0n) is 11.2. The SMILES string of the molecule is O=C1CNC(C(=O)N2CCCC2c2cccnc2)CN1. The standard InChI is InChI=1S/C14H18N4O2/c19-13-9-16-11(8-17-13)14(20)18-6-2-4-12(18)10-3-1-5-15-7-10/h1,3,5,7,11-12,16H,2,4,6,8-9H2,(H,17,19). The van der Waals surface area contributed by atoms with Gasteiger partial charge in [0.05, 0.1) is 12.6 Å². The average Bonchev–Trinajstić information content (AvgIpc) is 2.97. The summed E-state index contributed by atoms with van der Waals surface area (Å²) in [5.74, 6) is 0.00985. The van der Waals surface area contributed by atoms with Crippen molar-refractivity contribution in [3.63, 3.8) is 0 Å². The van der Waals surface area contributed by atoms with Crippen LogP contribution in [0.25, 0.3) is 0 Å². The van der Waals surface area contributed by atoms with Crippen molar-refractivity contribution < 1.29 is 9.59 Å². The highest BCUT2D eigenvalue weighted by molar-refractivity contribution is 5.87. The monoisotopic (exact) mass is 274 g/mol. The Morgan fingerprint density at radius 3 is 3.05 bits per heavy atom. The summed E-state index contributed by atoms with van der Waals surface area (Å²) in [5, 5.41) is 5.73. The van der Waals surface area contributed by atoms with Crippen molar-refractivity contribution in [3.05, 3.63) is 30.1 Å². The molecule has 2 aliphatic heterocycles. The second-order valence-corrected chi connectivity index (χ2v) is 5.21. The van der Waals surface area contributed by atoms with Crippen molar-refractivity contribution in [3.8, 4) is 0 Å². The van der Waals surface area contributed by atoms with E-state index in [9.17, 15) is 9.59 Å². The lowest BCUT2D eigenvalue weighted by Crippen LogP contribution is -2.58. The molecule has 0 aliphatic carbocycles. The molecule has 2 N–H and O–H groups in total. The van der Waals surface area contributed by atoms with Gasteiger partial charge in [0, 0.05) is 25.5 Å². The fourth-order valence-corrected chi connectivity index (χ4v) is 2.89. The van der Waals surface area contributed by atoms with E-state index in [1.54, 1.807) is 6.20 Å². The Kier molecular flexibility index (Phi) is 3.64. The number of likely N-dealkylation sites (tertiary alicyclic amines) is 1. The third-order valence-electron chi connectivity index (χ3n) is 3.92. The maximum atomic E-state index is 12.6. The lowest BCUT2D eigenvalue weighted by atomic mass is 10.1. The first-order chi connectivity index (χ1) is 9.75. The molecule has 2 atom stereocenters. The van der Waals surface area contributed by atoms with Gasteiger partial charge in [0.15, 0.2) is 0 Å². The molecule has 0 bridgehead atoms. The minimum absolute atomic E-state index is 0.0562. The summed E-state index contributed by atoms with van der Waals surface area (Å²) in [6.07, 6.45) is 5.54. The molecule has 2 amide bonds. The Morgan fingerprint density at radius 2 is 2.35 bits per heavy atom. The predicted molar refractivity (Wildman–Crippen MR) is 72.7 cm³/mol. The normalized spacial score (nSPS) is 26.4. The number of nitrogens with zero attached hydrogens (tertiary/aromatic N) is 2. The fourth-order valence-electron chi connectivity index (χ4n) is 2.89. The van der Waals surface area contributed by atoms with Crippen molar-refractivity contribution in [2.45, 2.75) is 24.9 Å². The van der Waals surface area contributed by atoms with Gasteiger partial charge in [0.1, 0.15) is 6.04 Å². The number of hydrogen-bond donors (Lipinski definition) is 2. The molecule has 1 aromatic rings. The van der Waals surface area contributed by atoms with Gasteiger partial charge in [-0.2, -0.15) is 0 Å². The average molecular weight is 274 g/mol. The fraction of sp³-hybridized carbons (Fsp3) is 0.500. The van der Waals surface area contributed by atoms with Crippen LogP contribution in [0.5, 0.6) is 0 Å². The van der Waals surface area contributed by atoms with Gasteiger partial charge in [-0.25, -0.2) is 0 Å². The molecule has 6 heteroatoms. The number of aromatic nitrogens is 1. The number of carbonyl (C=O) groups excluding carboxylic acids is 2. The number of rotatable bonds is 2. The molecule has 106 valence electrons. The highest BCUT2D eigenvalue weighted by atomic mass is 16.2. The number of hydrogen-bond acceptors (Lipinski definition) is 4. The van der Waals surface area contributed by atoms with Crippen LogP contribution in [0, 0.1) is 0 Å². The van der Waals surface area contributed by atoms with Crippen molar-refractivity contribution in [1.29, 1.82) is 0 Å². The Hall–Kier alpha value is -1.95. The first kappa shape index (κ1) is 13.1. The van der Waals surface area contributed by atoms with Crippen LogP contribution >= 0.6 is 0 Å². The minimum Gasteiger partial charge on any atom is -0.353 e.